The number of rotatable bonds is 5. The van der Waals surface area contributed by atoms with Gasteiger partial charge in [0.15, 0.2) is 0 Å². The SMILES string of the molecule is C=C(C)C(=O)O.C=C(C)C(=O)O.C=C(C)C(=O)O.Oc1cccc(C=Cc2cc(O)cc(O)c2)c1. The highest BCUT2D eigenvalue weighted by Gasteiger charge is 1.96. The Labute approximate surface area is 203 Å². The van der Waals surface area contributed by atoms with Crippen molar-refractivity contribution in [2.75, 3.05) is 0 Å². The van der Waals surface area contributed by atoms with Crippen LogP contribution in [0.2, 0.25) is 0 Å². The molecule has 2 aromatic carbocycles. The summed E-state index contributed by atoms with van der Waals surface area (Å²) < 4.78 is 0. The van der Waals surface area contributed by atoms with Gasteiger partial charge >= 0.3 is 17.9 Å². The second-order valence-electron chi connectivity index (χ2n) is 6.97. The summed E-state index contributed by atoms with van der Waals surface area (Å²) in [6.07, 6.45) is 3.53. The van der Waals surface area contributed by atoms with Crippen LogP contribution in [-0.2, 0) is 14.4 Å². The summed E-state index contributed by atoms with van der Waals surface area (Å²) in [4.78, 5) is 28.8. The summed E-state index contributed by atoms with van der Waals surface area (Å²) in [5, 5.41) is 51.6. The molecule has 0 bridgehead atoms. The van der Waals surface area contributed by atoms with Gasteiger partial charge < -0.3 is 30.6 Å². The van der Waals surface area contributed by atoms with E-state index < -0.39 is 17.9 Å². The molecule has 0 aliphatic heterocycles. The maximum atomic E-state index is 9.60. The number of carboxylic acid groups (broad SMARTS) is 3. The van der Waals surface area contributed by atoms with Crippen LogP contribution < -0.4 is 0 Å². The van der Waals surface area contributed by atoms with Crippen molar-refractivity contribution in [2.45, 2.75) is 20.8 Å². The summed E-state index contributed by atoms with van der Waals surface area (Å²) in [7, 11) is 0. The average molecular weight is 487 g/mol. The third-order valence-corrected chi connectivity index (χ3v) is 3.36. The lowest BCUT2D eigenvalue weighted by atomic mass is 10.1. The van der Waals surface area contributed by atoms with Gasteiger partial charge in [-0.05, 0) is 56.2 Å². The predicted octanol–water partition coefficient (Wildman–Crippen LogP) is 4.92. The van der Waals surface area contributed by atoms with Crippen LogP contribution in [0.3, 0.4) is 0 Å². The van der Waals surface area contributed by atoms with Crippen molar-refractivity contribution in [3.63, 3.8) is 0 Å². The molecule has 0 fully saturated rings. The summed E-state index contributed by atoms with van der Waals surface area (Å²) >= 11 is 0. The lowest BCUT2D eigenvalue weighted by molar-refractivity contribution is -0.133. The van der Waals surface area contributed by atoms with Gasteiger partial charge in [0.25, 0.3) is 0 Å². The minimum Gasteiger partial charge on any atom is -0.508 e. The van der Waals surface area contributed by atoms with E-state index in [1.54, 1.807) is 42.5 Å². The number of benzene rings is 2. The van der Waals surface area contributed by atoms with Crippen molar-refractivity contribution in [1.82, 2.24) is 0 Å². The van der Waals surface area contributed by atoms with E-state index in [9.17, 15) is 29.7 Å². The highest BCUT2D eigenvalue weighted by Crippen LogP contribution is 2.22. The first-order valence-corrected chi connectivity index (χ1v) is 9.73. The molecule has 0 heterocycles. The molecule has 0 radical (unpaired) electrons. The molecule has 0 aliphatic carbocycles. The number of phenols is 3. The monoisotopic (exact) mass is 486 g/mol. The molecular formula is C26H30O9. The van der Waals surface area contributed by atoms with Gasteiger partial charge in [-0.25, -0.2) is 14.4 Å². The van der Waals surface area contributed by atoms with E-state index in [0.717, 1.165) is 5.56 Å². The van der Waals surface area contributed by atoms with Crippen LogP contribution in [0, 0.1) is 0 Å². The molecule has 0 amide bonds. The van der Waals surface area contributed by atoms with Crippen LogP contribution in [-0.4, -0.2) is 48.5 Å². The Morgan fingerprint density at radius 2 is 0.914 bits per heavy atom. The van der Waals surface area contributed by atoms with Crippen molar-refractivity contribution in [3.05, 3.63) is 90.0 Å². The Morgan fingerprint density at radius 1 is 0.600 bits per heavy atom. The first-order valence-electron chi connectivity index (χ1n) is 9.73. The molecule has 0 saturated carbocycles. The van der Waals surface area contributed by atoms with Gasteiger partial charge in [0.2, 0.25) is 0 Å². The number of carbonyl (C=O) groups is 3. The number of aliphatic carboxylic acids is 3. The zero-order chi connectivity index (χ0) is 27.7. The summed E-state index contributed by atoms with van der Waals surface area (Å²) in [5.41, 5.74) is 2.05. The summed E-state index contributed by atoms with van der Waals surface area (Å²) in [6.45, 7) is 13.8. The van der Waals surface area contributed by atoms with Crippen LogP contribution in [0.1, 0.15) is 31.9 Å². The quantitative estimate of drug-likeness (QED) is 0.253. The lowest BCUT2D eigenvalue weighted by Crippen LogP contribution is -1.92. The van der Waals surface area contributed by atoms with Crippen molar-refractivity contribution < 1.29 is 45.0 Å². The largest absolute Gasteiger partial charge is 0.508 e. The predicted molar refractivity (Wildman–Crippen MR) is 134 cm³/mol. The fraction of sp³-hybridized carbons (Fsp3) is 0.115. The highest BCUT2D eigenvalue weighted by atomic mass is 16.4. The first-order chi connectivity index (χ1) is 16.1. The third kappa shape index (κ3) is 18.5. The van der Waals surface area contributed by atoms with E-state index in [4.69, 9.17) is 15.3 Å². The van der Waals surface area contributed by atoms with E-state index >= 15 is 0 Å². The van der Waals surface area contributed by atoms with Gasteiger partial charge in [-0.1, -0.05) is 44.0 Å². The van der Waals surface area contributed by atoms with E-state index in [2.05, 4.69) is 19.7 Å². The maximum Gasteiger partial charge on any atom is 0.330 e. The minimum atomic E-state index is -0.935. The fourth-order valence-corrected chi connectivity index (χ4v) is 1.54. The maximum absolute atomic E-state index is 9.60. The molecule has 0 unspecified atom stereocenters. The molecule has 35 heavy (non-hydrogen) atoms. The molecule has 2 rings (SSSR count). The minimum absolute atomic E-state index is 0.0144. The number of phenolic OH excluding ortho intramolecular Hbond substituents is 3. The van der Waals surface area contributed by atoms with Crippen LogP contribution in [0.15, 0.2) is 78.9 Å². The molecule has 188 valence electrons. The smallest absolute Gasteiger partial charge is 0.330 e. The molecule has 2 aromatic rings. The van der Waals surface area contributed by atoms with Gasteiger partial charge in [-0.3, -0.25) is 0 Å². The van der Waals surface area contributed by atoms with Crippen LogP contribution in [0.5, 0.6) is 17.2 Å². The highest BCUT2D eigenvalue weighted by molar-refractivity contribution is 5.85. The molecule has 0 aliphatic rings. The second-order valence-corrected chi connectivity index (χ2v) is 6.97. The number of aromatic hydroxyl groups is 3. The Bertz CT molecular complexity index is 982. The van der Waals surface area contributed by atoms with E-state index in [1.165, 1.54) is 26.8 Å². The molecule has 0 saturated heterocycles. The van der Waals surface area contributed by atoms with E-state index in [0.29, 0.717) is 5.56 Å². The zero-order valence-corrected chi connectivity index (χ0v) is 19.7. The summed E-state index contributed by atoms with van der Waals surface area (Å²) in [5.74, 6) is -2.58. The van der Waals surface area contributed by atoms with Crippen molar-refractivity contribution in [3.8, 4) is 17.2 Å². The fourth-order valence-electron chi connectivity index (χ4n) is 1.54. The molecular weight excluding hydrogens is 456 g/mol. The van der Waals surface area contributed by atoms with Crippen LogP contribution in [0.25, 0.3) is 12.2 Å². The van der Waals surface area contributed by atoms with Crippen LogP contribution >= 0.6 is 0 Å². The Kier molecular flexibility index (Phi) is 15.5. The average Bonchev–Trinajstić information content (AvgIpc) is 2.73. The molecule has 0 spiro atoms. The van der Waals surface area contributed by atoms with Gasteiger partial charge in [0, 0.05) is 22.8 Å². The van der Waals surface area contributed by atoms with E-state index in [-0.39, 0.29) is 34.0 Å². The molecule has 9 heteroatoms. The Balaban J connectivity index is 0. The molecule has 6 N–H and O–H groups in total. The molecule has 9 nitrogen and oxygen atoms in total. The van der Waals surface area contributed by atoms with Crippen molar-refractivity contribution in [1.29, 1.82) is 0 Å². The Morgan fingerprint density at radius 3 is 1.23 bits per heavy atom. The first kappa shape index (κ1) is 32.4. The normalized spacial score (nSPS) is 9.11. The van der Waals surface area contributed by atoms with Crippen molar-refractivity contribution >= 4 is 30.1 Å². The number of hydrogen-bond acceptors (Lipinski definition) is 6. The summed E-state index contributed by atoms with van der Waals surface area (Å²) in [6, 6.07) is 11.2. The van der Waals surface area contributed by atoms with Gasteiger partial charge in [-0.2, -0.15) is 0 Å². The molecule has 0 atom stereocenters. The van der Waals surface area contributed by atoms with Crippen LogP contribution in [0.4, 0.5) is 0 Å². The second kappa shape index (κ2) is 16.8. The lowest BCUT2D eigenvalue weighted by Gasteiger charge is -1.98. The standard InChI is InChI=1S/C14H12O3.3C4H6O2/c15-12-3-1-2-10(6-12)4-5-11-7-13(16)9-14(17)8-11;3*1-3(2)4(5)6/h1-9,15-17H;3*1H2,2H3,(H,5,6). The van der Waals surface area contributed by atoms with Gasteiger partial charge in [-0.15, -0.1) is 0 Å². The third-order valence-electron chi connectivity index (χ3n) is 3.36. The van der Waals surface area contributed by atoms with Gasteiger partial charge in [0.1, 0.15) is 17.2 Å². The molecule has 0 aromatic heterocycles. The van der Waals surface area contributed by atoms with Crippen molar-refractivity contribution in [2.24, 2.45) is 0 Å². The Hall–Kier alpha value is -4.79. The van der Waals surface area contributed by atoms with Gasteiger partial charge in [0.05, 0.1) is 0 Å². The number of hydrogen-bond donors (Lipinski definition) is 6. The number of carboxylic acids is 3. The topological polar surface area (TPSA) is 173 Å². The zero-order valence-electron chi connectivity index (χ0n) is 19.7. The van der Waals surface area contributed by atoms with E-state index in [1.807, 2.05) is 6.07 Å².